The molecule has 1 aromatic carbocycles. The Bertz CT molecular complexity index is 641. The maximum atomic E-state index is 11.6. The first kappa shape index (κ1) is 12.2. The SMILES string of the molecule is COC(=O)c1c[nH]c(Cl)c1-c1cccc(C#N)c1. The van der Waals surface area contributed by atoms with Gasteiger partial charge in [0.2, 0.25) is 0 Å². The lowest BCUT2D eigenvalue weighted by atomic mass is 10.0. The number of nitrogens with one attached hydrogen (secondary N) is 1. The minimum Gasteiger partial charge on any atom is -0.465 e. The van der Waals surface area contributed by atoms with E-state index < -0.39 is 5.97 Å². The molecular weight excluding hydrogens is 252 g/mol. The molecule has 0 unspecified atom stereocenters. The number of aromatic nitrogens is 1. The third-order valence-corrected chi connectivity index (χ3v) is 2.82. The molecule has 1 heterocycles. The zero-order valence-corrected chi connectivity index (χ0v) is 10.3. The number of aromatic amines is 1. The van der Waals surface area contributed by atoms with Gasteiger partial charge in [0.05, 0.1) is 24.3 Å². The Morgan fingerprint density at radius 1 is 1.50 bits per heavy atom. The van der Waals surface area contributed by atoms with Gasteiger partial charge in [-0.15, -0.1) is 0 Å². The lowest BCUT2D eigenvalue weighted by Crippen LogP contribution is -2.01. The number of ether oxygens (including phenoxy) is 1. The van der Waals surface area contributed by atoms with Crippen molar-refractivity contribution >= 4 is 17.6 Å². The van der Waals surface area contributed by atoms with Crippen LogP contribution in [0.3, 0.4) is 0 Å². The second-order valence-electron chi connectivity index (χ2n) is 3.58. The molecule has 0 radical (unpaired) electrons. The Morgan fingerprint density at radius 3 is 2.94 bits per heavy atom. The molecule has 0 aliphatic rings. The van der Waals surface area contributed by atoms with E-state index >= 15 is 0 Å². The summed E-state index contributed by atoms with van der Waals surface area (Å²) >= 11 is 6.03. The average molecular weight is 261 g/mol. The summed E-state index contributed by atoms with van der Waals surface area (Å²) in [6.07, 6.45) is 1.49. The number of H-pyrrole nitrogens is 1. The number of hydrogen-bond acceptors (Lipinski definition) is 3. The van der Waals surface area contributed by atoms with Gasteiger partial charge in [0.1, 0.15) is 5.15 Å². The highest BCUT2D eigenvalue weighted by atomic mass is 35.5. The van der Waals surface area contributed by atoms with E-state index in [-0.39, 0.29) is 0 Å². The number of halogens is 1. The maximum Gasteiger partial charge on any atom is 0.340 e. The van der Waals surface area contributed by atoms with Crippen LogP contribution in [0.25, 0.3) is 11.1 Å². The van der Waals surface area contributed by atoms with E-state index in [1.165, 1.54) is 13.3 Å². The maximum absolute atomic E-state index is 11.6. The van der Waals surface area contributed by atoms with Crippen LogP contribution in [0, 0.1) is 11.3 Å². The summed E-state index contributed by atoms with van der Waals surface area (Å²) < 4.78 is 4.69. The highest BCUT2D eigenvalue weighted by molar-refractivity contribution is 6.33. The molecule has 0 saturated heterocycles. The zero-order valence-electron chi connectivity index (χ0n) is 9.53. The summed E-state index contributed by atoms with van der Waals surface area (Å²) in [4.78, 5) is 14.4. The quantitative estimate of drug-likeness (QED) is 0.844. The number of carbonyl (C=O) groups is 1. The van der Waals surface area contributed by atoms with Crippen LogP contribution >= 0.6 is 11.6 Å². The summed E-state index contributed by atoms with van der Waals surface area (Å²) in [5.74, 6) is -0.476. The molecule has 0 amide bonds. The largest absolute Gasteiger partial charge is 0.465 e. The van der Waals surface area contributed by atoms with Crippen LogP contribution in [0.1, 0.15) is 15.9 Å². The molecule has 90 valence electrons. The summed E-state index contributed by atoms with van der Waals surface area (Å²) in [6, 6.07) is 8.91. The van der Waals surface area contributed by atoms with E-state index in [4.69, 9.17) is 16.9 Å². The van der Waals surface area contributed by atoms with Crippen LogP contribution in [-0.4, -0.2) is 18.1 Å². The normalized spacial score (nSPS) is 9.83. The average Bonchev–Trinajstić information content (AvgIpc) is 2.79. The first-order valence-corrected chi connectivity index (χ1v) is 5.51. The summed E-state index contributed by atoms with van der Waals surface area (Å²) in [5.41, 5.74) is 2.08. The van der Waals surface area contributed by atoms with Gasteiger partial charge in [-0.1, -0.05) is 23.7 Å². The number of nitriles is 1. The first-order chi connectivity index (χ1) is 8.67. The van der Waals surface area contributed by atoms with Crippen molar-refractivity contribution in [1.82, 2.24) is 4.98 Å². The second-order valence-corrected chi connectivity index (χ2v) is 3.95. The Kier molecular flexibility index (Phi) is 3.35. The number of carbonyl (C=O) groups excluding carboxylic acids is 1. The Morgan fingerprint density at radius 2 is 2.28 bits per heavy atom. The van der Waals surface area contributed by atoms with Gasteiger partial charge in [-0.2, -0.15) is 5.26 Å². The van der Waals surface area contributed by atoms with E-state index in [2.05, 4.69) is 9.72 Å². The van der Waals surface area contributed by atoms with Gasteiger partial charge in [-0.25, -0.2) is 4.79 Å². The van der Waals surface area contributed by atoms with Crippen LogP contribution in [0.15, 0.2) is 30.5 Å². The molecule has 0 spiro atoms. The highest BCUT2D eigenvalue weighted by Gasteiger charge is 2.18. The Hall–Kier alpha value is -2.25. The molecule has 2 rings (SSSR count). The predicted octanol–water partition coefficient (Wildman–Crippen LogP) is 2.99. The van der Waals surface area contributed by atoms with Gasteiger partial charge in [0.15, 0.2) is 0 Å². The van der Waals surface area contributed by atoms with Crippen molar-refractivity contribution in [2.24, 2.45) is 0 Å². The molecule has 0 bridgehead atoms. The van der Waals surface area contributed by atoms with Crippen molar-refractivity contribution in [2.75, 3.05) is 7.11 Å². The first-order valence-electron chi connectivity index (χ1n) is 5.13. The molecule has 0 fully saturated rings. The Labute approximate surface area is 109 Å². The van der Waals surface area contributed by atoms with Crippen molar-refractivity contribution in [1.29, 1.82) is 5.26 Å². The van der Waals surface area contributed by atoms with Gasteiger partial charge in [0.25, 0.3) is 0 Å². The molecule has 4 nitrogen and oxygen atoms in total. The van der Waals surface area contributed by atoms with E-state index in [0.717, 1.165) is 0 Å². The van der Waals surface area contributed by atoms with Crippen LogP contribution in [0.2, 0.25) is 5.15 Å². The molecule has 5 heteroatoms. The van der Waals surface area contributed by atoms with Gasteiger partial charge < -0.3 is 9.72 Å². The fraction of sp³-hybridized carbons (Fsp3) is 0.0769. The number of nitrogens with zero attached hydrogens (tertiary/aromatic N) is 1. The minimum atomic E-state index is -0.476. The topological polar surface area (TPSA) is 65.9 Å². The lowest BCUT2D eigenvalue weighted by molar-refractivity contribution is 0.0602. The molecule has 0 aliphatic heterocycles. The van der Waals surface area contributed by atoms with E-state index in [9.17, 15) is 4.79 Å². The highest BCUT2D eigenvalue weighted by Crippen LogP contribution is 2.31. The predicted molar refractivity (Wildman–Crippen MR) is 67.3 cm³/mol. The van der Waals surface area contributed by atoms with Gasteiger partial charge in [-0.3, -0.25) is 0 Å². The van der Waals surface area contributed by atoms with Crippen LogP contribution in [0.4, 0.5) is 0 Å². The number of esters is 1. The second kappa shape index (κ2) is 4.94. The fourth-order valence-electron chi connectivity index (χ4n) is 1.70. The molecule has 0 atom stereocenters. The molecule has 1 N–H and O–H groups in total. The third kappa shape index (κ3) is 2.08. The van der Waals surface area contributed by atoms with E-state index in [1.54, 1.807) is 24.3 Å². The molecule has 18 heavy (non-hydrogen) atoms. The summed E-state index contributed by atoms with van der Waals surface area (Å²) in [7, 11) is 1.30. The van der Waals surface area contributed by atoms with Crippen molar-refractivity contribution in [3.63, 3.8) is 0 Å². The number of rotatable bonds is 2. The van der Waals surface area contributed by atoms with Crippen molar-refractivity contribution in [2.45, 2.75) is 0 Å². The van der Waals surface area contributed by atoms with Gasteiger partial charge in [0, 0.05) is 11.8 Å². The fourth-order valence-corrected chi connectivity index (χ4v) is 1.96. The van der Waals surface area contributed by atoms with Crippen LogP contribution in [0.5, 0.6) is 0 Å². The lowest BCUT2D eigenvalue weighted by Gasteiger charge is -2.04. The van der Waals surface area contributed by atoms with Crippen LogP contribution in [-0.2, 0) is 4.74 Å². The van der Waals surface area contributed by atoms with Gasteiger partial charge in [-0.05, 0) is 17.7 Å². The summed E-state index contributed by atoms with van der Waals surface area (Å²) in [6.45, 7) is 0. The smallest absolute Gasteiger partial charge is 0.340 e. The van der Waals surface area contributed by atoms with Crippen LogP contribution < -0.4 is 0 Å². The Balaban J connectivity index is 2.60. The monoisotopic (exact) mass is 260 g/mol. The van der Waals surface area contributed by atoms with E-state index in [1.807, 2.05) is 6.07 Å². The third-order valence-electron chi connectivity index (χ3n) is 2.52. The zero-order chi connectivity index (χ0) is 13.1. The summed E-state index contributed by atoms with van der Waals surface area (Å²) in [5, 5.41) is 9.21. The number of methoxy groups -OCH3 is 1. The molecule has 0 aliphatic carbocycles. The molecule has 1 aromatic heterocycles. The standard InChI is InChI=1S/C13H9ClN2O2/c1-18-13(17)10-7-16-12(14)11(10)9-4-2-3-8(5-9)6-15/h2-5,7,16H,1H3. The molecule has 0 saturated carbocycles. The molecular formula is C13H9ClN2O2. The number of benzene rings is 1. The van der Waals surface area contributed by atoms with E-state index in [0.29, 0.717) is 27.4 Å². The van der Waals surface area contributed by atoms with Crippen molar-refractivity contribution in [3.8, 4) is 17.2 Å². The van der Waals surface area contributed by atoms with Crippen molar-refractivity contribution < 1.29 is 9.53 Å². The molecule has 2 aromatic rings. The van der Waals surface area contributed by atoms with Crippen molar-refractivity contribution in [3.05, 3.63) is 46.7 Å². The number of hydrogen-bond donors (Lipinski definition) is 1. The van der Waals surface area contributed by atoms with Gasteiger partial charge >= 0.3 is 5.97 Å². The minimum absolute atomic E-state index is 0.338.